The maximum atomic E-state index is 12.6. The molecule has 0 radical (unpaired) electrons. The molecule has 23 heteroatoms. The molecule has 0 aliphatic heterocycles. The van der Waals surface area contributed by atoms with E-state index in [4.69, 9.17) is 27.3 Å². The average Bonchev–Trinajstić information content (AvgIpc) is 3.36. The van der Waals surface area contributed by atoms with Crippen molar-refractivity contribution in [2.75, 3.05) is 34.0 Å². The topological polar surface area (TPSA) is 278 Å². The van der Waals surface area contributed by atoms with Gasteiger partial charge in [-0.05, 0) is 33.0 Å². The van der Waals surface area contributed by atoms with Gasteiger partial charge in [-0.3, -0.25) is 40.5 Å². The number of oxime groups is 1. The normalized spacial score (nSPS) is 13.5. The van der Waals surface area contributed by atoms with E-state index < -0.39 is 101 Å². The summed E-state index contributed by atoms with van der Waals surface area (Å²) in [4.78, 5) is 61.0. The number of aliphatic hydroxyl groups is 1. The Balaban J connectivity index is 1.75. The van der Waals surface area contributed by atoms with E-state index in [-0.39, 0.29) is 24.3 Å². The van der Waals surface area contributed by atoms with E-state index in [9.17, 15) is 50.4 Å². The van der Waals surface area contributed by atoms with Gasteiger partial charge in [0.25, 0.3) is 22.7 Å². The molecule has 2 unspecified atom stereocenters. The zero-order chi connectivity index (χ0) is 37.6. The zero-order valence-corrected chi connectivity index (χ0v) is 29.8. The fourth-order valence-corrected chi connectivity index (χ4v) is 10.8. The summed E-state index contributed by atoms with van der Waals surface area (Å²) in [7, 11) is -1.80. The number of hydrogen-bond acceptors (Lipinski definition) is 17. The predicted octanol–water partition coefficient (Wildman–Crippen LogP) is 3.85. The summed E-state index contributed by atoms with van der Waals surface area (Å²) in [5, 5.41) is 61.0. The molecule has 272 valence electrons. The second-order valence-corrected chi connectivity index (χ2v) is 19.5. The monoisotopic (exact) mass is 741 g/mol. The third kappa shape index (κ3) is 9.46. The summed E-state index contributed by atoms with van der Waals surface area (Å²) in [6.45, 7) is 6.72. The molecule has 0 bridgehead atoms. The third-order valence-electron chi connectivity index (χ3n) is 7.00. The smallest absolute Gasteiger partial charge is 0.460 e. The molecule has 1 aliphatic carbocycles. The lowest BCUT2D eigenvalue weighted by Crippen LogP contribution is -2.51. The van der Waals surface area contributed by atoms with Crippen LogP contribution in [0.4, 0.5) is 22.7 Å². The molecule has 2 atom stereocenters. The van der Waals surface area contributed by atoms with E-state index in [2.05, 4.69) is 5.16 Å². The Morgan fingerprint density at radius 1 is 0.840 bits per heavy atom. The first kappa shape index (κ1) is 39.7. The molecular weight excluding hydrogens is 706 g/mol. The third-order valence-corrected chi connectivity index (χ3v) is 12.9. The fraction of sp³-hybridized carbons (Fsp3) is 0.481. The van der Waals surface area contributed by atoms with Gasteiger partial charge in [-0.1, -0.05) is 5.16 Å². The van der Waals surface area contributed by atoms with Crippen LogP contribution in [0.3, 0.4) is 0 Å². The SMILES string of the molecule is CO[Si](CCCOCC(O)COC(=O)C(C)ON=C1c2cc([N+](=O)[O-])cc([N+](=O)[O-])c2-c2c1cc([N+](=O)[O-])cc2[N+](=O)[O-])(OC)O[Si](C)(C)C. The van der Waals surface area contributed by atoms with Gasteiger partial charge >= 0.3 is 14.8 Å². The summed E-state index contributed by atoms with van der Waals surface area (Å²) in [5.74, 6) is -1.04. The number of hydrogen-bond donors (Lipinski definition) is 1. The molecule has 1 N–H and O–H groups in total. The van der Waals surface area contributed by atoms with Crippen molar-refractivity contribution in [2.45, 2.75) is 51.2 Å². The number of esters is 1. The maximum absolute atomic E-state index is 12.6. The van der Waals surface area contributed by atoms with Crippen molar-refractivity contribution in [3.8, 4) is 11.1 Å². The molecule has 2 aromatic carbocycles. The van der Waals surface area contributed by atoms with Gasteiger partial charge in [0.2, 0.25) is 6.10 Å². The first-order chi connectivity index (χ1) is 23.3. The van der Waals surface area contributed by atoms with Crippen LogP contribution < -0.4 is 0 Å². The van der Waals surface area contributed by atoms with Crippen LogP contribution in [-0.4, -0.2) is 99.9 Å². The Morgan fingerprint density at radius 2 is 1.34 bits per heavy atom. The van der Waals surface area contributed by atoms with Gasteiger partial charge in [-0.15, -0.1) is 0 Å². The molecule has 0 heterocycles. The highest BCUT2D eigenvalue weighted by atomic mass is 28.5. The van der Waals surface area contributed by atoms with Gasteiger partial charge in [0.15, 0.2) is 8.32 Å². The molecule has 3 rings (SSSR count). The first-order valence-corrected chi connectivity index (χ1v) is 20.1. The van der Waals surface area contributed by atoms with E-state index in [0.29, 0.717) is 24.6 Å². The molecule has 1 aliphatic rings. The van der Waals surface area contributed by atoms with Crippen molar-refractivity contribution in [3.05, 3.63) is 75.8 Å². The molecule has 21 nitrogen and oxygen atoms in total. The Labute approximate surface area is 285 Å². The van der Waals surface area contributed by atoms with Crippen LogP contribution in [-0.2, 0) is 32.1 Å². The number of benzene rings is 2. The summed E-state index contributed by atoms with van der Waals surface area (Å²) < 4.78 is 27.8. The number of carbonyl (C=O) groups is 1. The Morgan fingerprint density at radius 3 is 1.76 bits per heavy atom. The molecule has 50 heavy (non-hydrogen) atoms. The van der Waals surface area contributed by atoms with Crippen LogP contribution in [0.15, 0.2) is 29.4 Å². The number of ether oxygens (including phenoxy) is 2. The van der Waals surface area contributed by atoms with Crippen LogP contribution in [0.25, 0.3) is 11.1 Å². The fourth-order valence-electron chi connectivity index (χ4n) is 4.88. The zero-order valence-electron chi connectivity index (χ0n) is 27.8. The largest absolute Gasteiger partial charge is 0.490 e. The van der Waals surface area contributed by atoms with Gasteiger partial charge in [0, 0.05) is 50.1 Å². The van der Waals surface area contributed by atoms with Crippen molar-refractivity contribution in [1.82, 2.24) is 0 Å². The van der Waals surface area contributed by atoms with Gasteiger partial charge in [0.1, 0.15) is 18.4 Å². The summed E-state index contributed by atoms with van der Waals surface area (Å²) in [5.41, 5.74) is -5.52. The number of nitrogens with zero attached hydrogens (tertiary/aromatic N) is 5. The lowest BCUT2D eigenvalue weighted by molar-refractivity contribution is -0.395. The number of non-ortho nitro benzene ring substituents is 2. The number of carbonyl (C=O) groups excluding carboxylic acids is 1. The lowest BCUT2D eigenvalue weighted by atomic mass is 10.0. The van der Waals surface area contributed by atoms with Gasteiger partial charge in [-0.2, -0.15) is 0 Å². The molecular formula is C27H35N5O16Si2. The minimum Gasteiger partial charge on any atom is -0.460 e. The molecule has 0 fully saturated rings. The van der Waals surface area contributed by atoms with Crippen LogP contribution in [0.5, 0.6) is 0 Å². The molecule has 0 aromatic heterocycles. The highest BCUT2D eigenvalue weighted by Crippen LogP contribution is 2.50. The molecule has 0 saturated heterocycles. The van der Waals surface area contributed by atoms with Crippen LogP contribution >= 0.6 is 0 Å². The van der Waals surface area contributed by atoms with E-state index in [1.807, 2.05) is 19.6 Å². The van der Waals surface area contributed by atoms with Crippen molar-refractivity contribution < 1.29 is 56.9 Å². The lowest BCUT2D eigenvalue weighted by Gasteiger charge is -2.33. The van der Waals surface area contributed by atoms with Gasteiger partial charge in [-0.25, -0.2) is 4.79 Å². The minimum atomic E-state index is -2.88. The van der Waals surface area contributed by atoms with E-state index in [1.165, 1.54) is 21.1 Å². The molecule has 2 aromatic rings. The second-order valence-electron chi connectivity index (χ2n) is 11.8. The van der Waals surface area contributed by atoms with Crippen molar-refractivity contribution >= 4 is 51.6 Å². The summed E-state index contributed by atoms with van der Waals surface area (Å²) in [6, 6.07) is 3.33. The number of nitro benzene ring substituents is 4. The highest BCUT2D eigenvalue weighted by molar-refractivity contribution is 6.79. The Hall–Kier alpha value is -4.79. The summed E-state index contributed by atoms with van der Waals surface area (Å²) >= 11 is 0. The molecule has 0 amide bonds. The van der Waals surface area contributed by atoms with Crippen molar-refractivity contribution in [1.29, 1.82) is 0 Å². The minimum absolute atomic E-state index is 0.198. The standard InChI is InChI=1S/C27H35N5O16Si2/c1-16(27(34)46-15-19(33)14-45-8-7-9-50(43-2,44-3)48-49(4,5)6)47-28-26-20-10-17(29(35)36)12-22(31(39)40)24(20)25-21(26)11-18(30(37)38)13-23(25)32(41)42/h10-13,16,19,33H,7-9,14-15H2,1-6H3. The van der Waals surface area contributed by atoms with E-state index in [1.54, 1.807) is 0 Å². The number of fused-ring (bicyclic) bond motifs is 3. The Kier molecular flexibility index (Phi) is 12.9. The van der Waals surface area contributed by atoms with E-state index in [0.717, 1.165) is 12.1 Å². The van der Waals surface area contributed by atoms with E-state index >= 15 is 0 Å². The van der Waals surface area contributed by atoms with Crippen LogP contribution in [0.1, 0.15) is 24.5 Å². The van der Waals surface area contributed by atoms with Gasteiger partial charge < -0.3 is 32.4 Å². The predicted molar refractivity (Wildman–Crippen MR) is 176 cm³/mol. The van der Waals surface area contributed by atoms with Crippen LogP contribution in [0, 0.1) is 40.5 Å². The van der Waals surface area contributed by atoms with Crippen molar-refractivity contribution in [2.24, 2.45) is 5.16 Å². The summed E-state index contributed by atoms with van der Waals surface area (Å²) in [6.07, 6.45) is -2.25. The van der Waals surface area contributed by atoms with Crippen LogP contribution in [0.2, 0.25) is 25.7 Å². The van der Waals surface area contributed by atoms with Crippen molar-refractivity contribution in [3.63, 3.8) is 0 Å². The second kappa shape index (κ2) is 16.3. The average molecular weight is 742 g/mol. The Bertz CT molecular complexity index is 1610. The maximum Gasteiger partial charge on any atom is 0.490 e. The van der Waals surface area contributed by atoms with Gasteiger partial charge in [0.05, 0.1) is 49.6 Å². The molecule has 0 saturated carbocycles. The number of nitro groups is 4. The number of rotatable bonds is 19. The quantitative estimate of drug-likeness (QED) is 0.0600. The highest BCUT2D eigenvalue weighted by Gasteiger charge is 2.43. The molecule has 0 spiro atoms. The first-order valence-electron chi connectivity index (χ1n) is 14.8. The number of aliphatic hydroxyl groups excluding tert-OH is 1.